The van der Waals surface area contributed by atoms with Crippen LogP contribution in [0.15, 0.2) is 42.5 Å². The van der Waals surface area contributed by atoms with Crippen LogP contribution in [0, 0.1) is 13.8 Å². The third-order valence-electron chi connectivity index (χ3n) is 8.71. The summed E-state index contributed by atoms with van der Waals surface area (Å²) in [5.74, 6) is 0. The largest absolute Gasteiger partial charge is 0.355 e. The number of aryl methyl sites for hydroxylation is 5. The van der Waals surface area contributed by atoms with E-state index in [0.29, 0.717) is 0 Å². The molecule has 0 radical (unpaired) electrons. The maximum absolute atomic E-state index is 5.24. The second-order valence-electron chi connectivity index (χ2n) is 10.6. The molecule has 4 aromatic rings. The van der Waals surface area contributed by atoms with E-state index in [9.17, 15) is 0 Å². The number of aromatic amines is 2. The Bertz CT molecular complexity index is 1830. The summed E-state index contributed by atoms with van der Waals surface area (Å²) < 4.78 is 0. The van der Waals surface area contributed by atoms with E-state index in [2.05, 4.69) is 87.1 Å². The average Bonchev–Trinajstić information content (AvgIpc) is 3.67. The van der Waals surface area contributed by atoms with Crippen molar-refractivity contribution in [1.82, 2.24) is 19.9 Å². The Morgan fingerprint density at radius 2 is 1.38 bits per heavy atom. The van der Waals surface area contributed by atoms with Gasteiger partial charge in [0.05, 0.1) is 22.8 Å². The molecule has 0 saturated carbocycles. The molecule has 0 amide bonds. The fourth-order valence-electron chi connectivity index (χ4n) is 6.62. The highest BCUT2D eigenvalue weighted by molar-refractivity contribution is 5.97. The van der Waals surface area contributed by atoms with Gasteiger partial charge in [-0.25, -0.2) is 9.97 Å². The highest BCUT2D eigenvalue weighted by Gasteiger charge is 2.28. The van der Waals surface area contributed by atoms with Crippen molar-refractivity contribution in [2.45, 2.75) is 60.3 Å². The van der Waals surface area contributed by atoms with Crippen LogP contribution in [0.4, 0.5) is 0 Å². The molecule has 2 aliphatic heterocycles. The molecule has 184 valence electrons. The number of aromatic nitrogens is 4. The predicted molar refractivity (Wildman–Crippen MR) is 154 cm³/mol. The molecule has 4 nitrogen and oxygen atoms in total. The fraction of sp³-hybridized carbons (Fsp3) is 0.273. The predicted octanol–water partition coefficient (Wildman–Crippen LogP) is 8.27. The van der Waals surface area contributed by atoms with Crippen molar-refractivity contribution in [2.24, 2.45) is 0 Å². The molecule has 3 aliphatic rings. The van der Waals surface area contributed by atoms with Gasteiger partial charge in [-0.1, -0.05) is 38.1 Å². The number of hydrogen-bond acceptors (Lipinski definition) is 2. The molecule has 2 N–H and O–H groups in total. The Morgan fingerprint density at radius 1 is 0.703 bits per heavy atom. The number of fused-ring (bicyclic) bond motifs is 11. The Kier molecular flexibility index (Phi) is 4.84. The smallest absolute Gasteiger partial charge is 0.0737 e. The number of allylic oxidation sites excluding steroid dienone is 2. The first-order valence-electron chi connectivity index (χ1n) is 13.5. The average molecular weight is 485 g/mol. The zero-order chi connectivity index (χ0) is 25.4. The third-order valence-corrected chi connectivity index (χ3v) is 8.71. The highest BCUT2D eigenvalue weighted by Crippen LogP contribution is 2.43. The summed E-state index contributed by atoms with van der Waals surface area (Å²) in [4.78, 5) is 18.0. The van der Waals surface area contributed by atoms with Crippen molar-refractivity contribution in [1.29, 1.82) is 0 Å². The zero-order valence-electron chi connectivity index (χ0n) is 22.3. The van der Waals surface area contributed by atoms with E-state index in [4.69, 9.17) is 9.97 Å². The van der Waals surface area contributed by atoms with E-state index in [1.807, 2.05) is 0 Å². The topological polar surface area (TPSA) is 57.4 Å². The van der Waals surface area contributed by atoms with Crippen molar-refractivity contribution in [3.8, 4) is 22.5 Å². The van der Waals surface area contributed by atoms with Crippen molar-refractivity contribution in [3.05, 3.63) is 81.7 Å². The standard InChI is InChI=1S/C33H32N4/c1-6-20-17(3)26-14-27-18(4)21(7-2)32(36-27)25-13-12-22-19(5)28(37-33(22)25)15-30-23-10-8-9-11-24(23)31(35-30)16-29(20)34-26/h8-11,14-16,34,36H,6-7,12-13H2,1-5H3. The van der Waals surface area contributed by atoms with Crippen LogP contribution in [0.1, 0.15) is 66.4 Å². The lowest BCUT2D eigenvalue weighted by atomic mass is 10.0. The quantitative estimate of drug-likeness (QED) is 0.265. The van der Waals surface area contributed by atoms with E-state index in [-0.39, 0.29) is 0 Å². The molecular formula is C33H32N4. The van der Waals surface area contributed by atoms with E-state index >= 15 is 0 Å². The van der Waals surface area contributed by atoms with Gasteiger partial charge < -0.3 is 9.97 Å². The lowest BCUT2D eigenvalue weighted by Gasteiger charge is -2.00. The van der Waals surface area contributed by atoms with Crippen LogP contribution in [-0.2, 0) is 19.3 Å². The fourth-order valence-corrected chi connectivity index (χ4v) is 6.62. The second-order valence-corrected chi connectivity index (χ2v) is 10.6. The van der Waals surface area contributed by atoms with E-state index in [1.54, 1.807) is 0 Å². The molecule has 0 fully saturated rings. The Hall–Kier alpha value is -3.92. The van der Waals surface area contributed by atoms with Crippen LogP contribution in [0.25, 0.3) is 55.7 Å². The first-order chi connectivity index (χ1) is 18.0. The summed E-state index contributed by atoms with van der Waals surface area (Å²) in [5, 5.41) is 0. The van der Waals surface area contributed by atoms with Gasteiger partial charge in [0.1, 0.15) is 0 Å². The van der Waals surface area contributed by atoms with Crippen LogP contribution in [-0.4, -0.2) is 19.9 Å². The van der Waals surface area contributed by atoms with Gasteiger partial charge >= 0.3 is 0 Å². The van der Waals surface area contributed by atoms with Gasteiger partial charge in [0.2, 0.25) is 0 Å². The Labute approximate surface area is 217 Å². The lowest BCUT2D eigenvalue weighted by molar-refractivity contribution is 1.07. The number of benzene rings is 1. The van der Waals surface area contributed by atoms with Crippen LogP contribution in [0.3, 0.4) is 0 Å². The van der Waals surface area contributed by atoms with E-state index < -0.39 is 0 Å². The van der Waals surface area contributed by atoms with Gasteiger partial charge in [0.15, 0.2) is 0 Å². The highest BCUT2D eigenvalue weighted by atomic mass is 14.8. The Morgan fingerprint density at radius 3 is 2.11 bits per heavy atom. The minimum Gasteiger partial charge on any atom is -0.355 e. The van der Waals surface area contributed by atoms with Crippen LogP contribution < -0.4 is 0 Å². The molecule has 0 atom stereocenters. The van der Waals surface area contributed by atoms with Gasteiger partial charge in [-0.15, -0.1) is 0 Å². The second kappa shape index (κ2) is 8.04. The summed E-state index contributed by atoms with van der Waals surface area (Å²) in [6, 6.07) is 15.3. The zero-order valence-corrected chi connectivity index (χ0v) is 22.3. The number of hydrogen-bond donors (Lipinski definition) is 2. The van der Waals surface area contributed by atoms with Gasteiger partial charge in [-0.05, 0) is 98.1 Å². The minimum atomic E-state index is 0.967. The van der Waals surface area contributed by atoms with Crippen molar-refractivity contribution in [3.63, 3.8) is 0 Å². The first kappa shape index (κ1) is 22.3. The maximum Gasteiger partial charge on any atom is 0.0737 e. The monoisotopic (exact) mass is 484 g/mol. The van der Waals surface area contributed by atoms with Crippen molar-refractivity contribution in [2.75, 3.05) is 0 Å². The molecule has 0 saturated heterocycles. The summed E-state index contributed by atoms with van der Waals surface area (Å²) >= 11 is 0. The summed E-state index contributed by atoms with van der Waals surface area (Å²) in [6.07, 6.45) is 4.05. The van der Waals surface area contributed by atoms with Crippen LogP contribution >= 0.6 is 0 Å². The number of nitrogens with one attached hydrogen (secondary N) is 2. The van der Waals surface area contributed by atoms with Crippen LogP contribution in [0.2, 0.25) is 0 Å². The molecule has 1 aliphatic carbocycles. The molecule has 0 spiro atoms. The van der Waals surface area contributed by atoms with Crippen molar-refractivity contribution >= 4 is 33.2 Å². The Balaban J connectivity index is 1.70. The molecule has 4 heteroatoms. The molecule has 7 rings (SSSR count). The number of nitrogens with zero attached hydrogens (tertiary/aromatic N) is 2. The number of H-pyrrole nitrogens is 2. The molecule has 0 unspecified atom stereocenters. The summed E-state index contributed by atoms with van der Waals surface area (Å²) in [5.41, 5.74) is 20.8. The molecule has 1 aromatic carbocycles. The molecule has 3 aromatic heterocycles. The van der Waals surface area contributed by atoms with Gasteiger partial charge in [-0.3, -0.25) is 0 Å². The van der Waals surface area contributed by atoms with Gasteiger partial charge in [0.25, 0.3) is 0 Å². The van der Waals surface area contributed by atoms with Gasteiger partial charge in [0, 0.05) is 38.8 Å². The minimum absolute atomic E-state index is 0.967. The summed E-state index contributed by atoms with van der Waals surface area (Å²) in [6.45, 7) is 11.2. The van der Waals surface area contributed by atoms with E-state index in [0.717, 1.165) is 53.8 Å². The SMILES string of the molecule is CCc1c(C)c2cc3[nH]c(c4c5nc(cc6nc(cc1[nH]2)-c1ccccc1-6)C(C)=C5CC4)c(CC)c3C. The molecular weight excluding hydrogens is 452 g/mol. The molecule has 8 bridgehead atoms. The first-order valence-corrected chi connectivity index (χ1v) is 13.5. The van der Waals surface area contributed by atoms with Gasteiger partial charge in [-0.2, -0.15) is 0 Å². The third kappa shape index (κ3) is 3.14. The van der Waals surface area contributed by atoms with E-state index in [1.165, 1.54) is 66.8 Å². The van der Waals surface area contributed by atoms with Crippen LogP contribution in [0.5, 0.6) is 0 Å². The maximum atomic E-state index is 5.24. The number of rotatable bonds is 2. The normalized spacial score (nSPS) is 14.0. The summed E-state index contributed by atoms with van der Waals surface area (Å²) in [7, 11) is 0. The van der Waals surface area contributed by atoms with Crippen molar-refractivity contribution < 1.29 is 0 Å². The molecule has 5 heterocycles. The lowest BCUT2D eigenvalue weighted by Crippen LogP contribution is -1.88. The molecule has 37 heavy (non-hydrogen) atoms.